The SMILES string of the molecule is C[C@H]1C[C@H](C)CN(CCCNS(=O)(=O)Cc2ccccc2F)C1. The molecular weight excluding hydrogens is 315 g/mol. The fourth-order valence-electron chi connectivity index (χ4n) is 3.38. The van der Waals surface area contributed by atoms with Crippen LogP contribution in [0.3, 0.4) is 0 Å². The number of sulfonamides is 1. The number of likely N-dealkylation sites (tertiary alicyclic amines) is 1. The van der Waals surface area contributed by atoms with Crippen molar-refractivity contribution in [1.82, 2.24) is 9.62 Å². The molecule has 0 unspecified atom stereocenters. The van der Waals surface area contributed by atoms with Crippen molar-refractivity contribution in [2.75, 3.05) is 26.2 Å². The van der Waals surface area contributed by atoms with Gasteiger partial charge in [0, 0.05) is 25.2 Å². The van der Waals surface area contributed by atoms with Gasteiger partial charge in [0.15, 0.2) is 0 Å². The van der Waals surface area contributed by atoms with E-state index in [1.165, 1.54) is 18.6 Å². The average molecular weight is 342 g/mol. The Morgan fingerprint density at radius 1 is 1.22 bits per heavy atom. The molecule has 0 bridgehead atoms. The smallest absolute Gasteiger partial charge is 0.215 e. The van der Waals surface area contributed by atoms with E-state index >= 15 is 0 Å². The maximum Gasteiger partial charge on any atom is 0.215 e. The Labute approximate surface area is 139 Å². The minimum atomic E-state index is -3.49. The van der Waals surface area contributed by atoms with Gasteiger partial charge < -0.3 is 4.90 Å². The third kappa shape index (κ3) is 6.20. The standard InChI is InChI=1S/C17H27FN2O2S/c1-14-10-15(2)12-20(11-14)9-5-8-19-23(21,22)13-16-6-3-4-7-17(16)18/h3-4,6-7,14-15,19H,5,8-13H2,1-2H3/t14-,15-/m0/s1. The van der Waals surface area contributed by atoms with Crippen LogP contribution >= 0.6 is 0 Å². The summed E-state index contributed by atoms with van der Waals surface area (Å²) >= 11 is 0. The lowest BCUT2D eigenvalue weighted by Gasteiger charge is -2.34. The van der Waals surface area contributed by atoms with Crippen LogP contribution in [0.25, 0.3) is 0 Å². The first-order valence-corrected chi connectivity index (χ1v) is 9.94. The molecule has 1 N–H and O–H groups in total. The van der Waals surface area contributed by atoms with E-state index in [0.717, 1.165) is 26.1 Å². The Bertz CT molecular complexity index is 596. The second-order valence-electron chi connectivity index (χ2n) is 6.80. The van der Waals surface area contributed by atoms with Gasteiger partial charge in [-0.15, -0.1) is 0 Å². The molecule has 23 heavy (non-hydrogen) atoms. The van der Waals surface area contributed by atoms with Crippen molar-refractivity contribution >= 4 is 10.0 Å². The lowest BCUT2D eigenvalue weighted by molar-refractivity contribution is 0.140. The van der Waals surface area contributed by atoms with E-state index in [1.54, 1.807) is 12.1 Å². The Morgan fingerprint density at radius 3 is 2.52 bits per heavy atom. The Morgan fingerprint density at radius 2 is 1.87 bits per heavy atom. The molecule has 2 rings (SSSR count). The second-order valence-corrected chi connectivity index (χ2v) is 8.61. The first kappa shape index (κ1) is 18.4. The molecule has 2 atom stereocenters. The summed E-state index contributed by atoms with van der Waals surface area (Å²) in [5, 5.41) is 0. The Balaban J connectivity index is 1.74. The van der Waals surface area contributed by atoms with Crippen molar-refractivity contribution in [3.05, 3.63) is 35.6 Å². The van der Waals surface area contributed by atoms with Gasteiger partial charge in [0.2, 0.25) is 10.0 Å². The normalized spacial score (nSPS) is 23.1. The summed E-state index contributed by atoms with van der Waals surface area (Å²) in [6, 6.07) is 5.99. The van der Waals surface area contributed by atoms with Crippen molar-refractivity contribution in [1.29, 1.82) is 0 Å². The molecule has 1 aliphatic heterocycles. The molecule has 1 heterocycles. The van der Waals surface area contributed by atoms with Crippen LogP contribution in [0.15, 0.2) is 24.3 Å². The van der Waals surface area contributed by atoms with E-state index in [2.05, 4.69) is 23.5 Å². The van der Waals surface area contributed by atoms with Gasteiger partial charge in [-0.05, 0) is 37.3 Å². The first-order chi connectivity index (χ1) is 10.9. The quantitative estimate of drug-likeness (QED) is 0.775. The number of nitrogens with one attached hydrogen (secondary N) is 1. The number of halogens is 1. The van der Waals surface area contributed by atoms with Gasteiger partial charge in [-0.25, -0.2) is 17.5 Å². The molecule has 1 aromatic rings. The zero-order valence-corrected chi connectivity index (χ0v) is 14.8. The predicted octanol–water partition coefficient (Wildman–Crippen LogP) is 2.61. The number of piperidine rings is 1. The highest BCUT2D eigenvalue weighted by Gasteiger charge is 2.21. The van der Waals surface area contributed by atoms with E-state index in [1.807, 2.05) is 0 Å². The van der Waals surface area contributed by atoms with Gasteiger partial charge >= 0.3 is 0 Å². The van der Waals surface area contributed by atoms with E-state index in [0.29, 0.717) is 18.4 Å². The summed E-state index contributed by atoms with van der Waals surface area (Å²) in [5.41, 5.74) is 0.207. The average Bonchev–Trinajstić information content (AvgIpc) is 2.45. The first-order valence-electron chi connectivity index (χ1n) is 8.29. The van der Waals surface area contributed by atoms with Gasteiger partial charge in [-0.2, -0.15) is 0 Å². The summed E-state index contributed by atoms with van der Waals surface area (Å²) in [5.74, 6) is 0.624. The maximum atomic E-state index is 13.5. The van der Waals surface area contributed by atoms with E-state index in [9.17, 15) is 12.8 Å². The van der Waals surface area contributed by atoms with Crippen LogP contribution in [0.5, 0.6) is 0 Å². The van der Waals surface area contributed by atoms with E-state index in [-0.39, 0.29) is 11.3 Å². The highest BCUT2D eigenvalue weighted by molar-refractivity contribution is 7.88. The third-order valence-electron chi connectivity index (χ3n) is 4.22. The summed E-state index contributed by atoms with van der Waals surface area (Å²) < 4.78 is 40.1. The molecule has 0 aliphatic carbocycles. The molecule has 1 saturated heterocycles. The molecule has 1 fully saturated rings. The second kappa shape index (κ2) is 8.22. The summed E-state index contributed by atoms with van der Waals surface area (Å²) in [6.45, 7) is 8.01. The summed E-state index contributed by atoms with van der Waals surface area (Å²) in [4.78, 5) is 2.41. The Hall–Kier alpha value is -0.980. The van der Waals surface area contributed by atoms with Gasteiger partial charge in [0.25, 0.3) is 0 Å². The van der Waals surface area contributed by atoms with Crippen molar-refractivity contribution in [2.24, 2.45) is 11.8 Å². The van der Waals surface area contributed by atoms with Crippen LogP contribution in [0.4, 0.5) is 4.39 Å². The van der Waals surface area contributed by atoms with Crippen LogP contribution in [-0.2, 0) is 15.8 Å². The van der Waals surface area contributed by atoms with Crippen LogP contribution in [0.1, 0.15) is 32.3 Å². The monoisotopic (exact) mass is 342 g/mol. The lowest BCUT2D eigenvalue weighted by atomic mass is 9.92. The third-order valence-corrected chi connectivity index (χ3v) is 5.56. The number of nitrogens with zero attached hydrogens (tertiary/aromatic N) is 1. The molecule has 0 aromatic heterocycles. The van der Waals surface area contributed by atoms with Crippen LogP contribution in [-0.4, -0.2) is 39.5 Å². The van der Waals surface area contributed by atoms with Crippen molar-refractivity contribution in [3.8, 4) is 0 Å². The van der Waals surface area contributed by atoms with Crippen LogP contribution < -0.4 is 4.72 Å². The van der Waals surface area contributed by atoms with Gasteiger partial charge in [0.05, 0.1) is 5.75 Å². The summed E-state index contributed by atoms with van der Waals surface area (Å²) in [6.07, 6.45) is 2.04. The molecule has 6 heteroatoms. The molecule has 4 nitrogen and oxygen atoms in total. The molecule has 0 radical (unpaired) electrons. The van der Waals surface area contributed by atoms with Crippen LogP contribution in [0, 0.1) is 17.7 Å². The van der Waals surface area contributed by atoms with Gasteiger partial charge in [-0.1, -0.05) is 32.0 Å². The number of benzene rings is 1. The minimum absolute atomic E-state index is 0.207. The highest BCUT2D eigenvalue weighted by Crippen LogP contribution is 2.20. The molecule has 1 aromatic carbocycles. The molecule has 0 amide bonds. The molecule has 0 spiro atoms. The molecule has 0 saturated carbocycles. The highest BCUT2D eigenvalue weighted by atomic mass is 32.2. The van der Waals surface area contributed by atoms with E-state index < -0.39 is 15.8 Å². The van der Waals surface area contributed by atoms with Crippen molar-refractivity contribution < 1.29 is 12.8 Å². The molecule has 130 valence electrons. The molecular formula is C17H27FN2O2S. The number of rotatable bonds is 7. The largest absolute Gasteiger partial charge is 0.303 e. The maximum absolute atomic E-state index is 13.5. The lowest BCUT2D eigenvalue weighted by Crippen LogP contribution is -2.40. The van der Waals surface area contributed by atoms with Crippen molar-refractivity contribution in [3.63, 3.8) is 0 Å². The van der Waals surface area contributed by atoms with E-state index in [4.69, 9.17) is 0 Å². The number of hydrogen-bond donors (Lipinski definition) is 1. The van der Waals surface area contributed by atoms with Crippen molar-refractivity contribution in [2.45, 2.75) is 32.4 Å². The topological polar surface area (TPSA) is 49.4 Å². The zero-order valence-electron chi connectivity index (χ0n) is 14.0. The fraction of sp³-hybridized carbons (Fsp3) is 0.647. The zero-order chi connectivity index (χ0) is 16.9. The number of hydrogen-bond acceptors (Lipinski definition) is 3. The van der Waals surface area contributed by atoms with Crippen LogP contribution in [0.2, 0.25) is 0 Å². The van der Waals surface area contributed by atoms with Gasteiger partial charge in [-0.3, -0.25) is 0 Å². The Kier molecular flexibility index (Phi) is 6.56. The minimum Gasteiger partial charge on any atom is -0.303 e. The summed E-state index contributed by atoms with van der Waals surface area (Å²) in [7, 11) is -3.49. The van der Waals surface area contributed by atoms with Gasteiger partial charge in [0.1, 0.15) is 5.82 Å². The molecule has 1 aliphatic rings. The predicted molar refractivity (Wildman–Crippen MR) is 91.0 cm³/mol. The fourth-order valence-corrected chi connectivity index (χ4v) is 4.58.